The molecule has 1 aliphatic heterocycles. The van der Waals surface area contributed by atoms with Gasteiger partial charge < -0.3 is 10.8 Å². The van der Waals surface area contributed by atoms with Crippen LogP contribution in [0.25, 0.3) is 0 Å². The van der Waals surface area contributed by atoms with Gasteiger partial charge in [-0.25, -0.2) is 0 Å². The number of rotatable bonds is 5. The van der Waals surface area contributed by atoms with Crippen LogP contribution in [0.2, 0.25) is 0 Å². The fraction of sp³-hybridized carbons (Fsp3) is 0.500. The molecule has 1 atom stereocenters. The highest BCUT2D eigenvalue weighted by Gasteiger charge is 2.21. The van der Waals surface area contributed by atoms with E-state index in [4.69, 9.17) is 23.1 Å². The van der Waals surface area contributed by atoms with Crippen molar-refractivity contribution in [3.05, 3.63) is 35.4 Å². The molecule has 2 rings (SSSR count). The Kier molecular flexibility index (Phi) is 4.69. The van der Waals surface area contributed by atoms with Crippen LogP contribution < -0.4 is 5.73 Å². The first kappa shape index (κ1) is 13.5. The second kappa shape index (κ2) is 6.27. The van der Waals surface area contributed by atoms with Gasteiger partial charge >= 0.3 is 0 Å². The van der Waals surface area contributed by atoms with E-state index >= 15 is 0 Å². The number of likely N-dealkylation sites (tertiary alicyclic amines) is 1. The second-order valence-electron chi connectivity index (χ2n) is 4.97. The Balaban J connectivity index is 1.94. The highest BCUT2D eigenvalue weighted by atomic mass is 32.1. The van der Waals surface area contributed by atoms with Crippen LogP contribution in [0.5, 0.6) is 0 Å². The van der Waals surface area contributed by atoms with Crippen molar-refractivity contribution >= 4 is 17.2 Å². The zero-order valence-electron chi connectivity index (χ0n) is 10.5. The van der Waals surface area contributed by atoms with Crippen molar-refractivity contribution < 1.29 is 5.11 Å². The van der Waals surface area contributed by atoms with Crippen molar-refractivity contribution in [2.45, 2.75) is 19.4 Å². The highest BCUT2D eigenvalue weighted by Crippen LogP contribution is 2.21. The summed E-state index contributed by atoms with van der Waals surface area (Å²) in [5.74, 6) is 0.647. The number of hydrogen-bond acceptors (Lipinski definition) is 3. The molecule has 0 spiro atoms. The van der Waals surface area contributed by atoms with Crippen molar-refractivity contribution in [1.29, 1.82) is 0 Å². The van der Waals surface area contributed by atoms with Crippen molar-refractivity contribution in [3.8, 4) is 0 Å². The Bertz CT molecular complexity index is 422. The average molecular weight is 264 g/mol. The summed E-state index contributed by atoms with van der Waals surface area (Å²) in [6, 6.07) is 8.14. The number of nitrogens with two attached hydrogens (primary N) is 1. The van der Waals surface area contributed by atoms with Crippen molar-refractivity contribution in [3.63, 3.8) is 0 Å². The van der Waals surface area contributed by atoms with E-state index in [-0.39, 0.29) is 0 Å². The molecule has 0 bridgehead atoms. The summed E-state index contributed by atoms with van der Waals surface area (Å²) in [7, 11) is 0. The van der Waals surface area contributed by atoms with Gasteiger partial charge in [-0.3, -0.25) is 4.90 Å². The molecule has 18 heavy (non-hydrogen) atoms. The molecule has 1 aliphatic rings. The van der Waals surface area contributed by atoms with Crippen molar-refractivity contribution in [2.24, 2.45) is 11.7 Å². The predicted molar refractivity (Wildman–Crippen MR) is 77.4 cm³/mol. The van der Waals surface area contributed by atoms with Gasteiger partial charge in [0.05, 0.1) is 0 Å². The van der Waals surface area contributed by atoms with Gasteiger partial charge in [0, 0.05) is 25.3 Å². The molecule has 0 radical (unpaired) electrons. The summed E-state index contributed by atoms with van der Waals surface area (Å²) < 4.78 is 0. The molecular weight excluding hydrogens is 244 g/mol. The van der Waals surface area contributed by atoms with E-state index < -0.39 is 0 Å². The monoisotopic (exact) mass is 264 g/mol. The minimum absolute atomic E-state index is 0.301. The normalized spacial score (nSPS) is 20.2. The molecule has 3 nitrogen and oxygen atoms in total. The van der Waals surface area contributed by atoms with Gasteiger partial charge in [-0.1, -0.05) is 30.4 Å². The number of aliphatic hydroxyl groups excluding tert-OH is 1. The topological polar surface area (TPSA) is 49.5 Å². The van der Waals surface area contributed by atoms with Crippen LogP contribution in [0.3, 0.4) is 0 Å². The maximum absolute atomic E-state index is 8.95. The molecule has 0 saturated carbocycles. The number of hydrogen-bond donors (Lipinski definition) is 2. The van der Waals surface area contributed by atoms with E-state index in [1.54, 1.807) is 0 Å². The predicted octanol–water partition coefficient (Wildman–Crippen LogP) is 1.53. The molecule has 0 amide bonds. The first-order chi connectivity index (χ1) is 8.69. The van der Waals surface area contributed by atoms with Crippen LogP contribution in [0.15, 0.2) is 24.3 Å². The average Bonchev–Trinajstić information content (AvgIpc) is 2.77. The molecule has 0 aromatic heterocycles. The van der Waals surface area contributed by atoms with Gasteiger partial charge in [-0.2, -0.15) is 0 Å². The van der Waals surface area contributed by atoms with Crippen LogP contribution in [0.4, 0.5) is 0 Å². The fourth-order valence-corrected chi connectivity index (χ4v) is 2.68. The molecule has 1 aromatic carbocycles. The number of thiocarbonyl (C=S) groups is 1. The lowest BCUT2D eigenvalue weighted by molar-refractivity contribution is 0.249. The van der Waals surface area contributed by atoms with E-state index in [9.17, 15) is 0 Å². The molecule has 1 heterocycles. The number of aliphatic hydroxyl groups is 1. The summed E-state index contributed by atoms with van der Waals surface area (Å²) in [6.45, 7) is 3.44. The molecule has 1 fully saturated rings. The SMILES string of the molecule is NC(=S)c1cccc(CN2CCC(CCO)C2)c1. The smallest absolute Gasteiger partial charge is 0.103 e. The van der Waals surface area contributed by atoms with E-state index in [1.807, 2.05) is 12.1 Å². The Labute approximate surface area is 114 Å². The van der Waals surface area contributed by atoms with Crippen molar-refractivity contribution in [1.82, 2.24) is 4.90 Å². The molecule has 1 unspecified atom stereocenters. The lowest BCUT2D eigenvalue weighted by atomic mass is 10.1. The van der Waals surface area contributed by atoms with Crippen LogP contribution in [0.1, 0.15) is 24.0 Å². The Morgan fingerprint density at radius 1 is 1.50 bits per heavy atom. The quantitative estimate of drug-likeness (QED) is 0.792. The number of nitrogens with zero attached hydrogens (tertiary/aromatic N) is 1. The second-order valence-corrected chi connectivity index (χ2v) is 5.41. The molecule has 1 aromatic rings. The van der Waals surface area contributed by atoms with Crippen molar-refractivity contribution in [2.75, 3.05) is 19.7 Å². The third-order valence-electron chi connectivity index (χ3n) is 3.53. The molecule has 0 aliphatic carbocycles. The summed E-state index contributed by atoms with van der Waals surface area (Å²) >= 11 is 4.99. The third kappa shape index (κ3) is 3.51. The molecule has 3 N–H and O–H groups in total. The standard InChI is InChI=1S/C14H20N2OS/c15-14(18)13-3-1-2-12(8-13)10-16-6-4-11(9-16)5-7-17/h1-3,8,11,17H,4-7,9-10H2,(H2,15,18). The van der Waals surface area contributed by atoms with Gasteiger partial charge in [0.25, 0.3) is 0 Å². The highest BCUT2D eigenvalue weighted by molar-refractivity contribution is 7.80. The largest absolute Gasteiger partial charge is 0.396 e. The molecule has 1 saturated heterocycles. The third-order valence-corrected chi connectivity index (χ3v) is 3.76. The zero-order valence-corrected chi connectivity index (χ0v) is 11.3. The van der Waals surface area contributed by atoms with E-state index in [0.717, 1.165) is 31.6 Å². The summed E-state index contributed by atoms with van der Waals surface area (Å²) in [4.78, 5) is 2.88. The van der Waals surface area contributed by atoms with Crippen LogP contribution in [-0.2, 0) is 6.54 Å². The Hall–Kier alpha value is -0.970. The first-order valence-electron chi connectivity index (χ1n) is 6.41. The van der Waals surface area contributed by atoms with E-state index in [2.05, 4.69) is 17.0 Å². The maximum atomic E-state index is 8.95. The summed E-state index contributed by atoms with van der Waals surface area (Å²) in [5, 5.41) is 8.95. The van der Waals surface area contributed by atoms with Crippen LogP contribution >= 0.6 is 12.2 Å². The first-order valence-corrected chi connectivity index (χ1v) is 6.82. The van der Waals surface area contributed by atoms with Gasteiger partial charge in [0.15, 0.2) is 0 Å². The number of benzene rings is 1. The molecule has 4 heteroatoms. The fourth-order valence-electron chi connectivity index (χ4n) is 2.56. The van der Waals surface area contributed by atoms with Gasteiger partial charge in [-0.05, 0) is 36.9 Å². The lowest BCUT2D eigenvalue weighted by Crippen LogP contribution is -2.20. The maximum Gasteiger partial charge on any atom is 0.103 e. The zero-order chi connectivity index (χ0) is 13.0. The van der Waals surface area contributed by atoms with Gasteiger partial charge in [0.2, 0.25) is 0 Å². The summed E-state index contributed by atoms with van der Waals surface area (Å²) in [6.07, 6.45) is 2.11. The van der Waals surface area contributed by atoms with Crippen LogP contribution in [0, 0.1) is 5.92 Å². The molecule has 98 valence electrons. The Morgan fingerprint density at radius 3 is 3.06 bits per heavy atom. The van der Waals surface area contributed by atoms with E-state index in [0.29, 0.717) is 17.5 Å². The van der Waals surface area contributed by atoms with Crippen LogP contribution in [-0.4, -0.2) is 34.7 Å². The minimum atomic E-state index is 0.301. The van der Waals surface area contributed by atoms with E-state index in [1.165, 1.54) is 12.0 Å². The van der Waals surface area contributed by atoms with Gasteiger partial charge in [-0.15, -0.1) is 0 Å². The Morgan fingerprint density at radius 2 is 2.33 bits per heavy atom. The molecular formula is C14H20N2OS. The summed E-state index contributed by atoms with van der Waals surface area (Å²) in [5.41, 5.74) is 7.84. The minimum Gasteiger partial charge on any atom is -0.396 e. The van der Waals surface area contributed by atoms with Gasteiger partial charge in [0.1, 0.15) is 4.99 Å². The lowest BCUT2D eigenvalue weighted by Gasteiger charge is -2.16.